The molecule has 0 aliphatic carbocycles. The van der Waals surface area contributed by atoms with Gasteiger partial charge in [0.05, 0.1) is 6.61 Å². The van der Waals surface area contributed by atoms with Crippen LogP contribution in [-0.2, 0) is 9.53 Å². The first kappa shape index (κ1) is 18.5. The number of ether oxygens (including phenoxy) is 1. The molecule has 27 heavy (non-hydrogen) atoms. The van der Waals surface area contributed by atoms with Crippen molar-refractivity contribution in [1.82, 2.24) is 15.5 Å². The topological polar surface area (TPSA) is 93.2 Å². The van der Waals surface area contributed by atoms with E-state index in [1.165, 1.54) is 11.3 Å². The zero-order valence-electron chi connectivity index (χ0n) is 14.6. The molecule has 7 nitrogen and oxygen atoms in total. The number of carbonyl (C=O) groups excluding carboxylic acids is 2. The molecule has 2 aromatic carbocycles. The summed E-state index contributed by atoms with van der Waals surface area (Å²) >= 11 is 1.18. The van der Waals surface area contributed by atoms with Crippen molar-refractivity contribution in [2.45, 2.75) is 13.0 Å². The largest absolute Gasteiger partial charge is 0.464 e. The highest BCUT2D eigenvalue weighted by Crippen LogP contribution is 2.25. The number of carbonyl (C=O) groups is 2. The lowest BCUT2D eigenvalue weighted by atomic mass is 10.2. The van der Waals surface area contributed by atoms with E-state index in [1.54, 1.807) is 31.2 Å². The zero-order valence-corrected chi connectivity index (χ0v) is 15.4. The molecule has 0 aliphatic heterocycles. The summed E-state index contributed by atoms with van der Waals surface area (Å²) in [5, 5.41) is 14.8. The van der Waals surface area contributed by atoms with Crippen LogP contribution in [-0.4, -0.2) is 28.7 Å². The standard InChI is InChI=1S/C19H18N4O3S/c1-2-26-18(25)15(21-16(24)13-9-5-3-6-10-13)17-22-23-19(27-17)20-14-11-7-4-8-12-14/h3-12,15H,2H2,1H3,(H,20,23)(H,21,24)/t15-/m1/s1. The van der Waals surface area contributed by atoms with E-state index in [9.17, 15) is 9.59 Å². The van der Waals surface area contributed by atoms with Crippen LogP contribution >= 0.6 is 11.3 Å². The van der Waals surface area contributed by atoms with Gasteiger partial charge in [0.25, 0.3) is 5.91 Å². The molecule has 1 amide bonds. The maximum absolute atomic E-state index is 12.5. The second-order valence-electron chi connectivity index (χ2n) is 5.46. The predicted molar refractivity (Wildman–Crippen MR) is 103 cm³/mol. The van der Waals surface area contributed by atoms with Crippen molar-refractivity contribution < 1.29 is 14.3 Å². The molecule has 0 unspecified atom stereocenters. The Morgan fingerprint density at radius 1 is 1.04 bits per heavy atom. The summed E-state index contributed by atoms with van der Waals surface area (Å²) < 4.78 is 5.09. The molecule has 0 saturated carbocycles. The van der Waals surface area contributed by atoms with E-state index in [4.69, 9.17) is 4.74 Å². The van der Waals surface area contributed by atoms with Gasteiger partial charge >= 0.3 is 5.97 Å². The Balaban J connectivity index is 1.79. The summed E-state index contributed by atoms with van der Waals surface area (Å²) in [4.78, 5) is 24.8. The molecule has 0 bridgehead atoms. The highest BCUT2D eigenvalue weighted by atomic mass is 32.1. The van der Waals surface area contributed by atoms with Crippen LogP contribution in [0.5, 0.6) is 0 Å². The van der Waals surface area contributed by atoms with Crippen LogP contribution in [0.2, 0.25) is 0 Å². The van der Waals surface area contributed by atoms with Crippen molar-refractivity contribution in [1.29, 1.82) is 0 Å². The Morgan fingerprint density at radius 3 is 2.37 bits per heavy atom. The van der Waals surface area contributed by atoms with Crippen LogP contribution in [0.3, 0.4) is 0 Å². The number of esters is 1. The molecule has 2 N–H and O–H groups in total. The van der Waals surface area contributed by atoms with E-state index >= 15 is 0 Å². The minimum absolute atomic E-state index is 0.199. The molecular formula is C19H18N4O3S. The van der Waals surface area contributed by atoms with Crippen molar-refractivity contribution in [2.75, 3.05) is 11.9 Å². The van der Waals surface area contributed by atoms with Gasteiger partial charge in [-0.25, -0.2) is 4.79 Å². The summed E-state index contributed by atoms with van der Waals surface area (Å²) in [7, 11) is 0. The highest BCUT2D eigenvalue weighted by molar-refractivity contribution is 7.15. The number of benzene rings is 2. The third-order valence-corrected chi connectivity index (χ3v) is 4.45. The van der Waals surface area contributed by atoms with Crippen molar-refractivity contribution in [3.8, 4) is 0 Å². The first-order valence-electron chi connectivity index (χ1n) is 8.35. The summed E-state index contributed by atoms with van der Waals surface area (Å²) in [6, 6.07) is 17.1. The molecular weight excluding hydrogens is 364 g/mol. The van der Waals surface area contributed by atoms with Gasteiger partial charge in [-0.15, -0.1) is 10.2 Å². The number of aromatic nitrogens is 2. The van der Waals surface area contributed by atoms with E-state index < -0.39 is 12.0 Å². The van der Waals surface area contributed by atoms with Gasteiger partial charge in [-0.05, 0) is 31.2 Å². The van der Waals surface area contributed by atoms with Gasteiger partial charge in [-0.2, -0.15) is 0 Å². The van der Waals surface area contributed by atoms with Crippen LogP contribution in [0, 0.1) is 0 Å². The van der Waals surface area contributed by atoms with Gasteiger partial charge < -0.3 is 15.4 Å². The molecule has 0 aliphatic rings. The number of hydrogen-bond donors (Lipinski definition) is 2. The molecule has 8 heteroatoms. The van der Waals surface area contributed by atoms with Gasteiger partial charge in [0.15, 0.2) is 11.0 Å². The lowest BCUT2D eigenvalue weighted by Gasteiger charge is -2.14. The van der Waals surface area contributed by atoms with Crippen LogP contribution in [0.15, 0.2) is 60.7 Å². The molecule has 1 aromatic heterocycles. The summed E-state index contributed by atoms with van der Waals surface area (Å²) in [6.45, 7) is 1.90. The Kier molecular flexibility index (Phi) is 6.11. The number of nitrogens with one attached hydrogen (secondary N) is 2. The number of amides is 1. The van der Waals surface area contributed by atoms with E-state index in [-0.39, 0.29) is 12.5 Å². The maximum atomic E-state index is 12.5. The lowest BCUT2D eigenvalue weighted by molar-refractivity contribution is -0.145. The SMILES string of the molecule is CCOC(=O)[C@H](NC(=O)c1ccccc1)c1nnc(Nc2ccccc2)s1. The normalized spacial score (nSPS) is 11.4. The van der Waals surface area contributed by atoms with Gasteiger partial charge in [0.1, 0.15) is 0 Å². The number of rotatable bonds is 7. The lowest BCUT2D eigenvalue weighted by Crippen LogP contribution is -2.35. The first-order chi connectivity index (χ1) is 13.2. The second kappa shape index (κ2) is 8.91. The highest BCUT2D eigenvalue weighted by Gasteiger charge is 2.28. The molecule has 3 aromatic rings. The fourth-order valence-corrected chi connectivity index (χ4v) is 3.10. The average Bonchev–Trinajstić information content (AvgIpc) is 3.15. The molecule has 3 rings (SSSR count). The van der Waals surface area contributed by atoms with E-state index in [2.05, 4.69) is 20.8 Å². The maximum Gasteiger partial charge on any atom is 0.335 e. The summed E-state index contributed by atoms with van der Waals surface area (Å²) in [5.41, 5.74) is 1.29. The zero-order chi connectivity index (χ0) is 19.1. The Hall–Kier alpha value is -3.26. The number of para-hydroxylation sites is 1. The van der Waals surface area contributed by atoms with E-state index in [0.717, 1.165) is 5.69 Å². The van der Waals surface area contributed by atoms with Crippen molar-refractivity contribution in [2.24, 2.45) is 0 Å². The van der Waals surface area contributed by atoms with Crippen molar-refractivity contribution in [3.63, 3.8) is 0 Å². The fourth-order valence-electron chi connectivity index (χ4n) is 2.30. The molecule has 0 spiro atoms. The van der Waals surface area contributed by atoms with E-state index in [1.807, 2.05) is 36.4 Å². The second-order valence-corrected chi connectivity index (χ2v) is 6.47. The third-order valence-electron chi connectivity index (χ3n) is 3.55. The Bertz CT molecular complexity index is 900. The van der Waals surface area contributed by atoms with Crippen LogP contribution < -0.4 is 10.6 Å². The first-order valence-corrected chi connectivity index (χ1v) is 9.17. The number of hydrogen-bond acceptors (Lipinski definition) is 7. The van der Waals surface area contributed by atoms with Crippen LogP contribution in [0.25, 0.3) is 0 Å². The Labute approximate surface area is 160 Å². The van der Waals surface area contributed by atoms with Crippen LogP contribution in [0.1, 0.15) is 28.3 Å². The summed E-state index contributed by atoms with van der Waals surface area (Å²) in [5.74, 6) is -0.967. The smallest absolute Gasteiger partial charge is 0.335 e. The van der Waals surface area contributed by atoms with Crippen molar-refractivity contribution in [3.05, 3.63) is 71.2 Å². The third kappa shape index (κ3) is 4.89. The average molecular weight is 382 g/mol. The monoisotopic (exact) mass is 382 g/mol. The number of nitrogens with zero attached hydrogens (tertiary/aromatic N) is 2. The minimum Gasteiger partial charge on any atom is -0.464 e. The Morgan fingerprint density at radius 2 is 1.70 bits per heavy atom. The van der Waals surface area contributed by atoms with Gasteiger partial charge in [0.2, 0.25) is 5.13 Å². The van der Waals surface area contributed by atoms with Crippen molar-refractivity contribution >= 4 is 34.0 Å². The van der Waals surface area contributed by atoms with Crippen LogP contribution in [0.4, 0.5) is 10.8 Å². The quantitative estimate of drug-likeness (QED) is 0.609. The van der Waals surface area contributed by atoms with E-state index in [0.29, 0.717) is 15.7 Å². The molecule has 1 heterocycles. The van der Waals surface area contributed by atoms with Gasteiger partial charge in [-0.1, -0.05) is 47.7 Å². The molecule has 1 atom stereocenters. The molecule has 138 valence electrons. The molecule has 0 saturated heterocycles. The summed E-state index contributed by atoms with van der Waals surface area (Å²) in [6.07, 6.45) is 0. The minimum atomic E-state index is -1.03. The molecule has 0 radical (unpaired) electrons. The predicted octanol–water partition coefficient (Wildman–Crippen LogP) is 3.32. The van der Waals surface area contributed by atoms with Gasteiger partial charge in [-0.3, -0.25) is 4.79 Å². The fraction of sp³-hybridized carbons (Fsp3) is 0.158. The number of anilines is 2. The van der Waals surface area contributed by atoms with Gasteiger partial charge in [0, 0.05) is 11.3 Å². The molecule has 0 fully saturated rings.